The summed E-state index contributed by atoms with van der Waals surface area (Å²) in [6.07, 6.45) is 4.18. The van der Waals surface area contributed by atoms with Crippen LogP contribution in [-0.4, -0.2) is 47.0 Å². The average molecular weight is 488 g/mol. The molecule has 0 bridgehead atoms. The molecule has 1 unspecified atom stereocenters. The van der Waals surface area contributed by atoms with E-state index in [1.807, 2.05) is 13.8 Å². The first kappa shape index (κ1) is 24.3. The molecule has 0 aromatic rings. The zero-order chi connectivity index (χ0) is 21.6. The molecule has 2 N–H and O–H groups in total. The number of ether oxygens (including phenoxy) is 1. The molecule has 0 saturated heterocycles. The van der Waals surface area contributed by atoms with Gasteiger partial charge in [-0.05, 0) is 49.9 Å². The number of amides is 2. The summed E-state index contributed by atoms with van der Waals surface area (Å²) in [5, 5.41) is 7.27. The molecule has 8 heteroatoms. The highest BCUT2D eigenvalue weighted by Gasteiger charge is 2.34. The summed E-state index contributed by atoms with van der Waals surface area (Å²) < 4.78 is 6.13. The topological polar surface area (TPSA) is 79.8 Å². The maximum Gasteiger partial charge on any atom is 0.407 e. The third kappa shape index (κ3) is 7.96. The lowest BCUT2D eigenvalue weighted by Crippen LogP contribution is -2.43. The van der Waals surface area contributed by atoms with E-state index < -0.39 is 0 Å². The smallest absolute Gasteiger partial charge is 0.407 e. The lowest BCUT2D eigenvalue weighted by molar-refractivity contribution is -0.119. The van der Waals surface area contributed by atoms with E-state index in [1.54, 1.807) is 18.7 Å². The van der Waals surface area contributed by atoms with Crippen LogP contribution in [-0.2, 0) is 9.53 Å². The van der Waals surface area contributed by atoms with Crippen LogP contribution in [0.4, 0.5) is 4.79 Å². The van der Waals surface area contributed by atoms with Crippen molar-refractivity contribution in [3.05, 3.63) is 11.1 Å². The number of alkyl carbamates (subject to hydrolysis) is 1. The first-order chi connectivity index (χ1) is 13.7. The molecule has 6 nitrogen and oxygen atoms in total. The molecule has 3 atom stereocenters. The van der Waals surface area contributed by atoms with Crippen molar-refractivity contribution in [2.75, 3.05) is 5.75 Å². The van der Waals surface area contributed by atoms with Crippen molar-refractivity contribution < 1.29 is 14.3 Å². The number of nitrogens with one attached hydrogen (secondary N) is 2. The lowest BCUT2D eigenvalue weighted by atomic mass is 9.86. The summed E-state index contributed by atoms with van der Waals surface area (Å²) in [7, 11) is 0. The van der Waals surface area contributed by atoms with Crippen molar-refractivity contribution in [1.82, 2.24) is 10.6 Å². The van der Waals surface area contributed by atoms with Crippen LogP contribution < -0.4 is 10.6 Å². The maximum absolute atomic E-state index is 11.8. The number of rotatable bonds is 6. The Morgan fingerprint density at radius 2 is 1.93 bits per heavy atom. The van der Waals surface area contributed by atoms with Gasteiger partial charge in [0, 0.05) is 37.1 Å². The second-order valence-electron chi connectivity index (χ2n) is 8.38. The normalized spacial score (nSPS) is 30.1. The van der Waals surface area contributed by atoms with Crippen LogP contribution in [0, 0.1) is 11.8 Å². The van der Waals surface area contributed by atoms with Gasteiger partial charge in [-0.15, -0.1) is 11.8 Å². The molecule has 0 spiro atoms. The Balaban J connectivity index is 2.00. The maximum atomic E-state index is 11.8. The summed E-state index contributed by atoms with van der Waals surface area (Å²) in [6, 6.07) is 0.359. The van der Waals surface area contributed by atoms with Gasteiger partial charge in [-0.3, -0.25) is 9.79 Å². The van der Waals surface area contributed by atoms with Crippen LogP contribution in [0.15, 0.2) is 16.1 Å². The predicted molar refractivity (Wildman–Crippen MR) is 124 cm³/mol. The van der Waals surface area contributed by atoms with Crippen molar-refractivity contribution in [1.29, 1.82) is 0 Å². The van der Waals surface area contributed by atoms with Crippen molar-refractivity contribution in [2.24, 2.45) is 16.8 Å². The average Bonchev–Trinajstić information content (AvgIpc) is 2.75. The zero-order valence-corrected chi connectivity index (χ0v) is 20.3. The Hall–Kier alpha value is -1.02. The molecule has 0 aromatic carbocycles. The largest absolute Gasteiger partial charge is 0.447 e. The van der Waals surface area contributed by atoms with Gasteiger partial charge in [0.2, 0.25) is 5.91 Å². The summed E-state index contributed by atoms with van der Waals surface area (Å²) in [5.74, 6) is 1.49. The molecule has 1 aliphatic heterocycles. The number of aliphatic imine (C=N–C) groups is 1. The molecule has 1 saturated carbocycles. The van der Waals surface area contributed by atoms with E-state index in [2.05, 4.69) is 40.1 Å². The number of carbonyl (C=O) groups is 2. The van der Waals surface area contributed by atoms with E-state index in [-0.39, 0.29) is 42.1 Å². The standard InChI is InChI=1S/C21H34BrN3O3S/c1-12(2)28-21(27)24-17-8-6-16(7-9-17)20-25-18(10-13(3)22)14(4)19(11-29-20)23-15(5)26/h12,14,16-19H,3,6-11H2,1-2,4-5H3,(H,23,26)(H,24,27)/t14-,16?,17?,18+,19?/m0/s1. The molecule has 29 heavy (non-hydrogen) atoms. The van der Waals surface area contributed by atoms with Gasteiger partial charge < -0.3 is 15.4 Å². The number of hydrogen-bond donors (Lipinski definition) is 2. The minimum atomic E-state index is -0.326. The molecular weight excluding hydrogens is 454 g/mol. The fourth-order valence-electron chi connectivity index (χ4n) is 3.93. The van der Waals surface area contributed by atoms with Crippen LogP contribution in [0.3, 0.4) is 0 Å². The fourth-order valence-corrected chi connectivity index (χ4v) is 5.68. The highest BCUT2D eigenvalue weighted by atomic mass is 79.9. The molecule has 1 aliphatic carbocycles. The second-order valence-corrected chi connectivity index (χ2v) is 10.5. The number of halogens is 1. The molecule has 2 rings (SSSR count). The minimum absolute atomic E-state index is 0.00202. The van der Waals surface area contributed by atoms with E-state index >= 15 is 0 Å². The predicted octanol–water partition coefficient (Wildman–Crippen LogP) is 4.63. The van der Waals surface area contributed by atoms with Gasteiger partial charge in [-0.2, -0.15) is 0 Å². The molecule has 2 aliphatic rings. The molecule has 1 heterocycles. The Kier molecular flexibility index (Phi) is 9.53. The highest BCUT2D eigenvalue weighted by molar-refractivity contribution is 9.11. The summed E-state index contributed by atoms with van der Waals surface area (Å²) in [4.78, 5) is 28.6. The van der Waals surface area contributed by atoms with E-state index in [1.165, 1.54) is 5.04 Å². The van der Waals surface area contributed by atoms with Crippen molar-refractivity contribution in [3.63, 3.8) is 0 Å². The minimum Gasteiger partial charge on any atom is -0.447 e. The molecular formula is C21H34BrN3O3S. The third-order valence-electron chi connectivity index (χ3n) is 5.51. The first-order valence-corrected chi connectivity index (χ1v) is 12.2. The highest BCUT2D eigenvalue weighted by Crippen LogP contribution is 2.35. The van der Waals surface area contributed by atoms with Crippen LogP contribution in [0.2, 0.25) is 0 Å². The molecule has 2 amide bonds. The van der Waals surface area contributed by atoms with Gasteiger partial charge in [-0.1, -0.05) is 29.4 Å². The van der Waals surface area contributed by atoms with E-state index in [9.17, 15) is 9.59 Å². The lowest BCUT2D eigenvalue weighted by Gasteiger charge is -2.30. The summed E-state index contributed by atoms with van der Waals surface area (Å²) in [5.41, 5.74) is 0. The van der Waals surface area contributed by atoms with Gasteiger partial charge in [-0.25, -0.2) is 4.79 Å². The van der Waals surface area contributed by atoms with E-state index in [0.717, 1.165) is 42.3 Å². The van der Waals surface area contributed by atoms with E-state index in [0.29, 0.717) is 5.92 Å². The van der Waals surface area contributed by atoms with Crippen LogP contribution >= 0.6 is 27.7 Å². The van der Waals surface area contributed by atoms with Crippen molar-refractivity contribution in [2.45, 2.75) is 84.0 Å². The van der Waals surface area contributed by atoms with Crippen LogP contribution in [0.25, 0.3) is 0 Å². The SMILES string of the molecule is C=C(Br)C[C@H]1N=C(C2CCC(NC(=O)OC(C)C)CC2)SCC(NC(C)=O)[C@H]1C. The van der Waals surface area contributed by atoms with Crippen LogP contribution in [0.1, 0.15) is 59.8 Å². The number of thioether (sulfide) groups is 1. The van der Waals surface area contributed by atoms with Gasteiger partial charge in [0.05, 0.1) is 17.2 Å². The third-order valence-corrected chi connectivity index (χ3v) is 7.09. The Bertz CT molecular complexity index is 633. The summed E-state index contributed by atoms with van der Waals surface area (Å²) >= 11 is 5.26. The van der Waals surface area contributed by atoms with E-state index in [4.69, 9.17) is 9.73 Å². The molecule has 164 valence electrons. The summed E-state index contributed by atoms with van der Waals surface area (Å²) in [6.45, 7) is 11.4. The monoisotopic (exact) mass is 487 g/mol. The number of carbonyl (C=O) groups excluding carboxylic acids is 2. The van der Waals surface area contributed by atoms with Crippen molar-refractivity contribution in [3.8, 4) is 0 Å². The number of hydrogen-bond acceptors (Lipinski definition) is 5. The Morgan fingerprint density at radius 1 is 1.28 bits per heavy atom. The quantitative estimate of drug-likeness (QED) is 0.571. The molecule has 1 fully saturated rings. The number of nitrogens with zero attached hydrogens (tertiary/aromatic N) is 1. The van der Waals surface area contributed by atoms with Gasteiger partial charge in [0.15, 0.2) is 0 Å². The first-order valence-electron chi connectivity index (χ1n) is 10.4. The van der Waals surface area contributed by atoms with Gasteiger partial charge in [0.25, 0.3) is 0 Å². The zero-order valence-electron chi connectivity index (χ0n) is 17.9. The molecule has 0 aromatic heterocycles. The fraction of sp³-hybridized carbons (Fsp3) is 0.762. The second kappa shape index (κ2) is 11.4. The van der Waals surface area contributed by atoms with Gasteiger partial charge in [0.1, 0.15) is 0 Å². The Morgan fingerprint density at radius 3 is 2.48 bits per heavy atom. The van der Waals surface area contributed by atoms with Crippen LogP contribution in [0.5, 0.6) is 0 Å². The van der Waals surface area contributed by atoms with Gasteiger partial charge >= 0.3 is 6.09 Å². The van der Waals surface area contributed by atoms with Crippen molar-refractivity contribution >= 4 is 44.7 Å². The molecule has 0 radical (unpaired) electrons. The Labute approximate surface area is 187 Å².